The highest BCUT2D eigenvalue weighted by Crippen LogP contribution is 2.27. The van der Waals surface area contributed by atoms with Gasteiger partial charge in [0.25, 0.3) is 0 Å². The predicted molar refractivity (Wildman–Crippen MR) is 136 cm³/mol. The highest BCUT2D eigenvalue weighted by atomic mass is 16.6. The lowest BCUT2D eigenvalue weighted by Gasteiger charge is -2.28. The molecule has 0 spiro atoms. The maximum Gasteiger partial charge on any atom is 0.409 e. The molecular formula is C26H35N5O4. The van der Waals surface area contributed by atoms with Crippen LogP contribution in [0.3, 0.4) is 0 Å². The number of ether oxygens (including phenoxy) is 2. The zero-order valence-corrected chi connectivity index (χ0v) is 20.9. The smallest absolute Gasteiger partial charge is 0.409 e. The third-order valence-electron chi connectivity index (χ3n) is 5.70. The molecule has 3 N–H and O–H groups in total. The van der Waals surface area contributed by atoms with Gasteiger partial charge in [-0.2, -0.15) is 10.2 Å². The van der Waals surface area contributed by atoms with Gasteiger partial charge in [-0.1, -0.05) is 49.4 Å². The van der Waals surface area contributed by atoms with Gasteiger partial charge in [0.15, 0.2) is 0 Å². The lowest BCUT2D eigenvalue weighted by Crippen LogP contribution is -2.56. The van der Waals surface area contributed by atoms with Gasteiger partial charge in [0, 0.05) is 13.6 Å². The molecule has 0 fully saturated rings. The Balaban J connectivity index is 1.74. The number of hydrogen-bond donors (Lipinski definition) is 2. The lowest BCUT2D eigenvalue weighted by atomic mass is 9.83. The van der Waals surface area contributed by atoms with E-state index in [1.807, 2.05) is 55.5 Å². The summed E-state index contributed by atoms with van der Waals surface area (Å²) in [5.41, 5.74) is 8.15. The molecule has 0 saturated carbocycles. The Kier molecular flexibility index (Phi) is 8.95. The van der Waals surface area contributed by atoms with Crippen LogP contribution in [-0.2, 0) is 20.9 Å². The van der Waals surface area contributed by atoms with Crippen LogP contribution in [0.2, 0.25) is 0 Å². The minimum atomic E-state index is -1.08. The van der Waals surface area contributed by atoms with Crippen molar-refractivity contribution in [2.45, 2.75) is 45.4 Å². The summed E-state index contributed by atoms with van der Waals surface area (Å²) >= 11 is 0. The molecule has 1 heterocycles. The van der Waals surface area contributed by atoms with E-state index in [1.165, 1.54) is 0 Å². The summed E-state index contributed by atoms with van der Waals surface area (Å²) in [6.07, 6.45) is 6.07. The zero-order chi connectivity index (χ0) is 25.4. The van der Waals surface area contributed by atoms with Gasteiger partial charge in [-0.05, 0) is 37.5 Å². The molecule has 0 saturated heterocycles. The molecule has 1 aliphatic carbocycles. The van der Waals surface area contributed by atoms with Crippen LogP contribution in [0.5, 0.6) is 0 Å². The molecule has 9 nitrogen and oxygen atoms in total. The van der Waals surface area contributed by atoms with E-state index in [2.05, 4.69) is 15.5 Å². The molecule has 2 amide bonds. The van der Waals surface area contributed by atoms with Crippen molar-refractivity contribution in [3.05, 3.63) is 59.7 Å². The van der Waals surface area contributed by atoms with Crippen molar-refractivity contribution in [1.82, 2.24) is 10.2 Å². The first kappa shape index (κ1) is 26.3. The van der Waals surface area contributed by atoms with Crippen molar-refractivity contribution in [2.24, 2.45) is 21.9 Å². The Labute approximate surface area is 206 Å². The monoisotopic (exact) mass is 481 g/mol. The van der Waals surface area contributed by atoms with E-state index in [-0.39, 0.29) is 25.0 Å². The Morgan fingerprint density at radius 2 is 1.94 bits per heavy atom. The van der Waals surface area contributed by atoms with Gasteiger partial charge in [0.2, 0.25) is 5.91 Å². The fraction of sp³-hybridized carbons (Fsp3) is 0.462. The normalized spacial score (nSPS) is 17.6. The van der Waals surface area contributed by atoms with Crippen LogP contribution in [0, 0.1) is 5.92 Å². The molecule has 3 rings (SSSR count). The Morgan fingerprint density at radius 1 is 1.20 bits per heavy atom. The van der Waals surface area contributed by atoms with Crippen LogP contribution < -0.4 is 11.1 Å². The Hall–Kier alpha value is -3.30. The molecule has 9 heteroatoms. The first-order valence-corrected chi connectivity index (χ1v) is 11.8. The van der Waals surface area contributed by atoms with Gasteiger partial charge in [-0.3, -0.25) is 4.79 Å². The summed E-state index contributed by atoms with van der Waals surface area (Å²) in [5, 5.41) is 11.7. The molecular weight excluding hydrogens is 446 g/mol. The number of carbonyl (C=O) groups excluding carboxylic acids is 2. The number of nitrogens with one attached hydrogen (secondary N) is 1. The van der Waals surface area contributed by atoms with Crippen LogP contribution in [0.1, 0.15) is 32.8 Å². The summed E-state index contributed by atoms with van der Waals surface area (Å²) in [4.78, 5) is 26.6. The summed E-state index contributed by atoms with van der Waals surface area (Å²) in [7, 11) is 1.71. The topological polar surface area (TPSA) is 119 Å². The fourth-order valence-electron chi connectivity index (χ4n) is 3.76. The Morgan fingerprint density at radius 3 is 2.63 bits per heavy atom. The van der Waals surface area contributed by atoms with Crippen LogP contribution >= 0.6 is 0 Å². The van der Waals surface area contributed by atoms with Gasteiger partial charge in [-0.15, -0.1) is 0 Å². The second-order valence-electron chi connectivity index (χ2n) is 9.31. The summed E-state index contributed by atoms with van der Waals surface area (Å²) in [6, 6.07) is 9.22. The third kappa shape index (κ3) is 7.10. The second kappa shape index (κ2) is 11.9. The molecule has 0 bridgehead atoms. The van der Waals surface area contributed by atoms with Crippen LogP contribution in [0.15, 0.2) is 64.3 Å². The number of fused-ring (bicyclic) bond motifs is 1. The summed E-state index contributed by atoms with van der Waals surface area (Å²) in [6.45, 7) is 6.56. The molecule has 2 aliphatic rings. The average Bonchev–Trinajstić information content (AvgIpc) is 3.26. The van der Waals surface area contributed by atoms with Crippen LogP contribution in [0.4, 0.5) is 4.79 Å². The first-order valence-electron chi connectivity index (χ1n) is 11.8. The molecule has 0 radical (unpaired) electrons. The Bertz CT molecular complexity index is 1020. The van der Waals surface area contributed by atoms with E-state index in [9.17, 15) is 9.59 Å². The highest BCUT2D eigenvalue weighted by molar-refractivity contribution is 6.20. The van der Waals surface area contributed by atoms with E-state index < -0.39 is 17.7 Å². The van der Waals surface area contributed by atoms with E-state index >= 15 is 0 Å². The highest BCUT2D eigenvalue weighted by Gasteiger charge is 2.38. The van der Waals surface area contributed by atoms with E-state index in [4.69, 9.17) is 15.2 Å². The van der Waals surface area contributed by atoms with E-state index in [1.54, 1.807) is 25.8 Å². The lowest BCUT2D eigenvalue weighted by molar-refractivity contribution is -0.125. The standard InChI is InChI=1S/C26H35N5O4/c1-5-14-31(4)25(33)35-16-19-12-9-13-20-22(19)23(30-29-20)21(28-24(32)26(2,3)27)17-34-15-18-10-7-6-8-11-18/h6-13,21-22H,5,14-17,27H2,1-4H3,(H,28,32)/t21-,22?/m1/s1. The number of nitrogens with two attached hydrogens (primary N) is 1. The van der Waals surface area contributed by atoms with Gasteiger partial charge >= 0.3 is 6.09 Å². The number of rotatable bonds is 11. The molecule has 1 aliphatic heterocycles. The molecule has 1 aromatic rings. The van der Waals surface area contributed by atoms with Crippen LogP contribution in [0.25, 0.3) is 0 Å². The SMILES string of the molecule is CCCN(C)C(=O)OCC1=CC=CC2=NN=C([C@@H](COCc3ccccc3)NC(=O)C(C)(C)N)C12. The molecule has 35 heavy (non-hydrogen) atoms. The van der Waals surface area contributed by atoms with Crippen molar-refractivity contribution in [3.8, 4) is 0 Å². The molecule has 1 aromatic carbocycles. The summed E-state index contributed by atoms with van der Waals surface area (Å²) < 4.78 is 11.5. The van der Waals surface area contributed by atoms with Crippen molar-refractivity contribution in [2.75, 3.05) is 26.8 Å². The van der Waals surface area contributed by atoms with Gasteiger partial charge in [0.1, 0.15) is 6.61 Å². The minimum absolute atomic E-state index is 0.0911. The van der Waals surface area contributed by atoms with Gasteiger partial charge < -0.3 is 25.4 Å². The zero-order valence-electron chi connectivity index (χ0n) is 20.9. The number of allylic oxidation sites excluding steroid dienone is 3. The van der Waals surface area contributed by atoms with Gasteiger partial charge in [0.05, 0.1) is 42.1 Å². The van der Waals surface area contributed by atoms with Gasteiger partial charge in [-0.25, -0.2) is 4.79 Å². The molecule has 188 valence electrons. The van der Waals surface area contributed by atoms with Crippen molar-refractivity contribution in [1.29, 1.82) is 0 Å². The van der Waals surface area contributed by atoms with Crippen molar-refractivity contribution < 1.29 is 19.1 Å². The quantitative estimate of drug-likeness (QED) is 0.504. The summed E-state index contributed by atoms with van der Waals surface area (Å²) in [5.74, 6) is -0.651. The number of hydrogen-bond acceptors (Lipinski definition) is 7. The number of carbonyl (C=O) groups is 2. The molecule has 1 unspecified atom stereocenters. The number of nitrogens with zero attached hydrogens (tertiary/aromatic N) is 3. The maximum atomic E-state index is 12.8. The molecule has 0 aromatic heterocycles. The van der Waals surface area contributed by atoms with Crippen LogP contribution in [-0.4, -0.2) is 66.7 Å². The van der Waals surface area contributed by atoms with Crippen molar-refractivity contribution in [3.63, 3.8) is 0 Å². The minimum Gasteiger partial charge on any atom is -0.445 e. The molecule has 2 atom stereocenters. The largest absolute Gasteiger partial charge is 0.445 e. The second-order valence-corrected chi connectivity index (χ2v) is 9.31. The number of benzene rings is 1. The fourth-order valence-corrected chi connectivity index (χ4v) is 3.76. The first-order chi connectivity index (χ1) is 16.7. The third-order valence-corrected chi connectivity index (χ3v) is 5.70. The van der Waals surface area contributed by atoms with E-state index in [0.717, 1.165) is 23.3 Å². The predicted octanol–water partition coefficient (Wildman–Crippen LogP) is 2.83. The average molecular weight is 482 g/mol. The number of amides is 2. The van der Waals surface area contributed by atoms with E-state index in [0.29, 0.717) is 18.9 Å². The maximum absolute atomic E-state index is 12.8. The van der Waals surface area contributed by atoms with Crippen molar-refractivity contribution >= 4 is 23.4 Å².